The maximum Gasteiger partial charge on any atom is 0.244 e. The van der Waals surface area contributed by atoms with Crippen LogP contribution in [0.2, 0.25) is 0 Å². The van der Waals surface area contributed by atoms with Gasteiger partial charge in [-0.1, -0.05) is 0 Å². The molecule has 1 fully saturated rings. The van der Waals surface area contributed by atoms with Gasteiger partial charge in [-0.15, -0.1) is 12.4 Å². The van der Waals surface area contributed by atoms with Gasteiger partial charge in [0.15, 0.2) is 0 Å². The fourth-order valence-electron chi connectivity index (χ4n) is 2.22. The third-order valence-electron chi connectivity index (χ3n) is 3.44. The van der Waals surface area contributed by atoms with Crippen molar-refractivity contribution in [1.29, 1.82) is 0 Å². The smallest absolute Gasteiger partial charge is 0.244 e. The largest absolute Gasteiger partial charge is 0.328 e. The van der Waals surface area contributed by atoms with Crippen LogP contribution in [0.15, 0.2) is 27.6 Å². The summed E-state index contributed by atoms with van der Waals surface area (Å²) in [5, 5.41) is 0. The number of hydrogen-bond acceptors (Lipinski definition) is 3. The summed E-state index contributed by atoms with van der Waals surface area (Å²) in [4.78, 5) is 0.0965. The molecule has 2 rings (SSSR count). The lowest BCUT2D eigenvalue weighted by atomic mass is 10.0. The Hall–Kier alpha value is -0.210. The van der Waals surface area contributed by atoms with Crippen LogP contribution in [0.1, 0.15) is 13.3 Å². The normalized spacial score (nSPS) is 21.5. The van der Waals surface area contributed by atoms with Crippen molar-refractivity contribution in [3.05, 3.63) is 28.5 Å². The Kier molecular flexibility index (Phi) is 5.98. The van der Waals surface area contributed by atoms with Gasteiger partial charge in [-0.05, 0) is 53.4 Å². The first-order valence-electron chi connectivity index (χ1n) is 6.03. The fraction of sp³-hybridized carbons (Fsp3) is 0.500. The van der Waals surface area contributed by atoms with Crippen LogP contribution in [0, 0.1) is 11.7 Å². The van der Waals surface area contributed by atoms with Crippen LogP contribution in [-0.2, 0) is 10.0 Å². The molecule has 20 heavy (non-hydrogen) atoms. The van der Waals surface area contributed by atoms with Gasteiger partial charge < -0.3 is 5.73 Å². The summed E-state index contributed by atoms with van der Waals surface area (Å²) >= 11 is 3.10. The third-order valence-corrected chi connectivity index (χ3v) is 6.28. The number of rotatable bonds is 3. The van der Waals surface area contributed by atoms with Gasteiger partial charge in [0.1, 0.15) is 5.82 Å². The van der Waals surface area contributed by atoms with E-state index >= 15 is 0 Å². The van der Waals surface area contributed by atoms with E-state index in [0.29, 0.717) is 13.1 Å². The van der Waals surface area contributed by atoms with Gasteiger partial charge in [0, 0.05) is 23.6 Å². The number of sulfonamides is 1. The molecule has 0 spiro atoms. The van der Waals surface area contributed by atoms with Crippen molar-refractivity contribution >= 4 is 38.4 Å². The average Bonchev–Trinajstić information content (AvgIpc) is 2.78. The molecule has 0 bridgehead atoms. The molecule has 0 radical (unpaired) electrons. The first-order chi connectivity index (χ1) is 8.82. The van der Waals surface area contributed by atoms with Crippen molar-refractivity contribution in [3.63, 3.8) is 0 Å². The van der Waals surface area contributed by atoms with Crippen LogP contribution >= 0.6 is 28.3 Å². The van der Waals surface area contributed by atoms with Gasteiger partial charge in [-0.3, -0.25) is 0 Å². The highest BCUT2D eigenvalue weighted by atomic mass is 79.9. The minimum Gasteiger partial charge on any atom is -0.328 e. The molecule has 4 nitrogen and oxygen atoms in total. The summed E-state index contributed by atoms with van der Waals surface area (Å²) in [6.07, 6.45) is 0.760. The lowest BCUT2D eigenvalue weighted by molar-refractivity contribution is 0.428. The molecule has 8 heteroatoms. The van der Waals surface area contributed by atoms with Gasteiger partial charge >= 0.3 is 0 Å². The Morgan fingerprint density at radius 1 is 1.50 bits per heavy atom. The fourth-order valence-corrected chi connectivity index (χ4v) is 4.75. The molecule has 1 aliphatic heterocycles. The zero-order valence-electron chi connectivity index (χ0n) is 10.9. The van der Waals surface area contributed by atoms with Crippen molar-refractivity contribution < 1.29 is 12.8 Å². The van der Waals surface area contributed by atoms with Gasteiger partial charge in [0.2, 0.25) is 10.0 Å². The second-order valence-electron chi connectivity index (χ2n) is 4.85. The predicted molar refractivity (Wildman–Crippen MR) is 81.9 cm³/mol. The summed E-state index contributed by atoms with van der Waals surface area (Å²) in [5.74, 6) is -0.297. The van der Waals surface area contributed by atoms with Crippen LogP contribution in [-0.4, -0.2) is 31.9 Å². The molecule has 0 amide bonds. The number of nitrogens with two attached hydrogens (primary N) is 1. The van der Waals surface area contributed by atoms with Crippen molar-refractivity contribution in [1.82, 2.24) is 4.31 Å². The van der Waals surface area contributed by atoms with Crippen LogP contribution in [0.4, 0.5) is 4.39 Å². The van der Waals surface area contributed by atoms with Crippen LogP contribution in [0.5, 0.6) is 0 Å². The number of benzene rings is 1. The summed E-state index contributed by atoms with van der Waals surface area (Å²) in [7, 11) is -3.59. The van der Waals surface area contributed by atoms with Gasteiger partial charge in [-0.25, -0.2) is 12.8 Å². The molecular weight excluding hydrogens is 371 g/mol. The molecule has 1 aliphatic rings. The van der Waals surface area contributed by atoms with E-state index in [1.807, 2.05) is 6.92 Å². The number of hydrogen-bond donors (Lipinski definition) is 1. The zero-order valence-corrected chi connectivity index (χ0v) is 14.1. The van der Waals surface area contributed by atoms with E-state index in [4.69, 9.17) is 5.73 Å². The zero-order chi connectivity index (χ0) is 14.2. The van der Waals surface area contributed by atoms with Crippen LogP contribution < -0.4 is 5.73 Å². The Bertz CT molecular complexity index is 583. The number of nitrogens with zero attached hydrogens (tertiary/aromatic N) is 1. The van der Waals surface area contributed by atoms with Crippen molar-refractivity contribution in [2.75, 3.05) is 13.1 Å². The Morgan fingerprint density at radius 3 is 2.65 bits per heavy atom. The Labute approximate surface area is 133 Å². The molecule has 0 saturated carbocycles. The molecule has 0 aromatic heterocycles. The summed E-state index contributed by atoms with van der Waals surface area (Å²) in [6, 6.07) is 3.56. The molecule has 0 aliphatic carbocycles. The number of halogens is 3. The Morgan fingerprint density at radius 2 is 2.15 bits per heavy atom. The second kappa shape index (κ2) is 6.70. The molecule has 1 aromatic carbocycles. The summed E-state index contributed by atoms with van der Waals surface area (Å²) in [6.45, 7) is 2.76. The molecule has 114 valence electrons. The quantitative estimate of drug-likeness (QED) is 0.866. The van der Waals surface area contributed by atoms with Crippen molar-refractivity contribution in [3.8, 4) is 0 Å². The molecule has 2 N–H and O–H groups in total. The Balaban J connectivity index is 0.00000200. The average molecular weight is 388 g/mol. The van der Waals surface area contributed by atoms with E-state index in [0.717, 1.165) is 18.6 Å². The highest BCUT2D eigenvalue weighted by Gasteiger charge is 2.34. The minimum absolute atomic E-state index is 0. The molecule has 2 atom stereocenters. The van der Waals surface area contributed by atoms with Gasteiger partial charge in [-0.2, -0.15) is 4.31 Å². The lowest BCUT2D eigenvalue weighted by Gasteiger charge is -2.18. The topological polar surface area (TPSA) is 63.4 Å². The molecule has 1 heterocycles. The van der Waals surface area contributed by atoms with E-state index in [9.17, 15) is 12.8 Å². The van der Waals surface area contributed by atoms with E-state index in [1.54, 1.807) is 0 Å². The van der Waals surface area contributed by atoms with E-state index in [2.05, 4.69) is 15.9 Å². The molecule has 2 unspecified atom stereocenters. The predicted octanol–water partition coefficient (Wildman–Crippen LogP) is 2.37. The second-order valence-corrected chi connectivity index (χ2v) is 7.61. The van der Waals surface area contributed by atoms with Gasteiger partial charge in [0.05, 0.1) is 4.90 Å². The minimum atomic E-state index is -3.59. The van der Waals surface area contributed by atoms with E-state index in [-0.39, 0.29) is 33.7 Å². The van der Waals surface area contributed by atoms with Crippen LogP contribution in [0.25, 0.3) is 0 Å². The third kappa shape index (κ3) is 3.51. The lowest BCUT2D eigenvalue weighted by Crippen LogP contribution is -2.33. The van der Waals surface area contributed by atoms with Gasteiger partial charge in [0.25, 0.3) is 0 Å². The molecular formula is C12H17BrClFN2O2S. The summed E-state index contributed by atoms with van der Waals surface area (Å²) < 4.78 is 39.6. The van der Waals surface area contributed by atoms with Crippen molar-refractivity contribution in [2.24, 2.45) is 11.7 Å². The maximum absolute atomic E-state index is 13.0. The first-order valence-corrected chi connectivity index (χ1v) is 8.26. The highest BCUT2D eigenvalue weighted by Crippen LogP contribution is 2.30. The molecule has 1 saturated heterocycles. The van der Waals surface area contributed by atoms with Crippen molar-refractivity contribution in [2.45, 2.75) is 24.3 Å². The van der Waals surface area contributed by atoms with Crippen LogP contribution in [0.3, 0.4) is 0 Å². The standard InChI is InChI=1S/C12H16BrFN2O2S.ClH/c1-8(15)9-4-5-16(7-9)19(17,18)12-3-2-10(14)6-11(12)13;/h2-3,6,8-9H,4-5,7,15H2,1H3;1H. The maximum atomic E-state index is 13.0. The van der Waals surface area contributed by atoms with E-state index < -0.39 is 15.8 Å². The highest BCUT2D eigenvalue weighted by molar-refractivity contribution is 9.10. The monoisotopic (exact) mass is 386 g/mol. The molecule has 1 aromatic rings. The van der Waals surface area contributed by atoms with E-state index in [1.165, 1.54) is 10.4 Å². The SMILES string of the molecule is CC(N)C1CCN(S(=O)(=O)c2ccc(F)cc2Br)C1.Cl. The summed E-state index contributed by atoms with van der Waals surface area (Å²) in [5.41, 5.74) is 5.81. The first kappa shape index (κ1) is 17.8.